The number of hydrogen-bond acceptors (Lipinski definition) is 4. The number of nitrogens with zero attached hydrogens (tertiary/aromatic N) is 1. The SMILES string of the molecule is CN(CCNC(=O)COc1cccc2c1OC(C)(C)C2)Cc1ccccc1. The number of benzene rings is 2. The molecule has 3 rings (SSSR count). The molecule has 5 heteroatoms. The Labute approximate surface area is 161 Å². The van der Waals surface area contributed by atoms with Gasteiger partial charge in [0.05, 0.1) is 0 Å². The summed E-state index contributed by atoms with van der Waals surface area (Å²) in [5, 5.41) is 2.91. The van der Waals surface area contributed by atoms with Crippen molar-refractivity contribution >= 4 is 5.91 Å². The van der Waals surface area contributed by atoms with Gasteiger partial charge in [0.1, 0.15) is 5.60 Å². The molecule has 0 saturated heterocycles. The van der Waals surface area contributed by atoms with E-state index in [0.29, 0.717) is 12.3 Å². The van der Waals surface area contributed by atoms with Crippen molar-refractivity contribution < 1.29 is 14.3 Å². The number of rotatable bonds is 8. The van der Waals surface area contributed by atoms with Crippen LogP contribution in [0.1, 0.15) is 25.0 Å². The Morgan fingerprint density at radius 2 is 1.96 bits per heavy atom. The van der Waals surface area contributed by atoms with Gasteiger partial charge in [-0.15, -0.1) is 0 Å². The van der Waals surface area contributed by atoms with Crippen LogP contribution in [-0.2, 0) is 17.8 Å². The molecule has 27 heavy (non-hydrogen) atoms. The highest BCUT2D eigenvalue weighted by molar-refractivity contribution is 5.77. The van der Waals surface area contributed by atoms with Crippen molar-refractivity contribution in [2.24, 2.45) is 0 Å². The van der Waals surface area contributed by atoms with E-state index in [-0.39, 0.29) is 18.1 Å². The molecule has 2 aromatic rings. The summed E-state index contributed by atoms with van der Waals surface area (Å²) in [5.41, 5.74) is 2.16. The van der Waals surface area contributed by atoms with Gasteiger partial charge in [-0.3, -0.25) is 4.79 Å². The lowest BCUT2D eigenvalue weighted by Crippen LogP contribution is -2.35. The molecule has 0 saturated carbocycles. The summed E-state index contributed by atoms with van der Waals surface area (Å²) in [5.74, 6) is 1.27. The van der Waals surface area contributed by atoms with E-state index in [2.05, 4.69) is 36.2 Å². The molecule has 0 aliphatic carbocycles. The second-order valence-electron chi connectivity index (χ2n) is 7.64. The maximum Gasteiger partial charge on any atom is 0.257 e. The lowest BCUT2D eigenvalue weighted by atomic mass is 10.0. The summed E-state index contributed by atoms with van der Waals surface area (Å²) in [6.45, 7) is 6.31. The molecule has 1 aliphatic rings. The largest absolute Gasteiger partial charge is 0.483 e. The smallest absolute Gasteiger partial charge is 0.257 e. The van der Waals surface area contributed by atoms with Gasteiger partial charge in [0.2, 0.25) is 0 Å². The van der Waals surface area contributed by atoms with E-state index >= 15 is 0 Å². The number of hydrogen-bond donors (Lipinski definition) is 1. The number of carbonyl (C=O) groups is 1. The van der Waals surface area contributed by atoms with Crippen molar-refractivity contribution in [3.05, 3.63) is 59.7 Å². The normalized spacial score (nSPS) is 14.5. The van der Waals surface area contributed by atoms with Gasteiger partial charge in [0.25, 0.3) is 5.91 Å². The Kier molecular flexibility index (Phi) is 6.01. The molecular weight excluding hydrogens is 340 g/mol. The minimum absolute atomic E-state index is 0.0113. The second kappa shape index (κ2) is 8.44. The Bertz CT molecular complexity index is 774. The Hall–Kier alpha value is -2.53. The first kappa shape index (κ1) is 19.2. The number of para-hydroxylation sites is 1. The highest BCUT2D eigenvalue weighted by atomic mass is 16.5. The van der Waals surface area contributed by atoms with Gasteiger partial charge in [-0.05, 0) is 32.5 Å². The zero-order valence-corrected chi connectivity index (χ0v) is 16.3. The van der Waals surface area contributed by atoms with Crippen LogP contribution >= 0.6 is 0 Å². The van der Waals surface area contributed by atoms with E-state index in [9.17, 15) is 4.79 Å². The third kappa shape index (κ3) is 5.47. The predicted octanol–water partition coefficient (Wildman–Crippen LogP) is 3.03. The van der Waals surface area contributed by atoms with E-state index in [1.165, 1.54) is 5.56 Å². The summed E-state index contributed by atoms with van der Waals surface area (Å²) in [6, 6.07) is 16.1. The molecule has 2 aromatic carbocycles. The van der Waals surface area contributed by atoms with Crippen LogP contribution in [0, 0.1) is 0 Å². The fraction of sp³-hybridized carbons (Fsp3) is 0.409. The van der Waals surface area contributed by atoms with Crippen LogP contribution in [-0.4, -0.2) is 43.2 Å². The Morgan fingerprint density at radius 1 is 1.19 bits per heavy atom. The van der Waals surface area contributed by atoms with Gasteiger partial charge >= 0.3 is 0 Å². The molecular formula is C22H28N2O3. The zero-order valence-electron chi connectivity index (χ0n) is 16.3. The third-order valence-corrected chi connectivity index (χ3v) is 4.52. The number of carbonyl (C=O) groups excluding carboxylic acids is 1. The van der Waals surface area contributed by atoms with Crippen LogP contribution < -0.4 is 14.8 Å². The first-order chi connectivity index (χ1) is 12.9. The van der Waals surface area contributed by atoms with E-state index in [4.69, 9.17) is 9.47 Å². The minimum atomic E-state index is -0.229. The van der Waals surface area contributed by atoms with E-state index in [0.717, 1.165) is 30.8 Å². The van der Waals surface area contributed by atoms with Crippen LogP contribution in [0.3, 0.4) is 0 Å². The van der Waals surface area contributed by atoms with E-state index < -0.39 is 0 Å². The molecule has 0 spiro atoms. The van der Waals surface area contributed by atoms with Crippen molar-refractivity contribution in [3.8, 4) is 11.5 Å². The quantitative estimate of drug-likeness (QED) is 0.778. The predicted molar refractivity (Wildman–Crippen MR) is 106 cm³/mol. The number of amides is 1. The fourth-order valence-corrected chi connectivity index (χ4v) is 3.26. The van der Waals surface area contributed by atoms with Crippen molar-refractivity contribution in [1.29, 1.82) is 0 Å². The van der Waals surface area contributed by atoms with E-state index in [1.807, 2.05) is 43.4 Å². The summed E-state index contributed by atoms with van der Waals surface area (Å²) < 4.78 is 11.7. The minimum Gasteiger partial charge on any atom is -0.483 e. The Morgan fingerprint density at radius 3 is 2.74 bits per heavy atom. The molecule has 0 bridgehead atoms. The second-order valence-corrected chi connectivity index (χ2v) is 7.64. The highest BCUT2D eigenvalue weighted by Gasteiger charge is 2.32. The average molecular weight is 368 g/mol. The van der Waals surface area contributed by atoms with Gasteiger partial charge in [-0.2, -0.15) is 0 Å². The number of nitrogens with one attached hydrogen (secondary N) is 1. The summed E-state index contributed by atoms with van der Waals surface area (Å²) in [6.07, 6.45) is 0.847. The number of likely N-dealkylation sites (N-methyl/N-ethyl adjacent to an activating group) is 1. The molecule has 0 fully saturated rings. The fourth-order valence-electron chi connectivity index (χ4n) is 3.26. The van der Waals surface area contributed by atoms with Crippen LogP contribution in [0.5, 0.6) is 11.5 Å². The molecule has 144 valence electrons. The van der Waals surface area contributed by atoms with Gasteiger partial charge < -0.3 is 19.7 Å². The number of ether oxygens (including phenoxy) is 2. The maximum atomic E-state index is 12.1. The van der Waals surface area contributed by atoms with Crippen molar-refractivity contribution in [2.75, 3.05) is 26.7 Å². The average Bonchev–Trinajstić information content (AvgIpc) is 2.95. The van der Waals surface area contributed by atoms with Crippen LogP contribution in [0.25, 0.3) is 0 Å². The molecule has 0 unspecified atom stereocenters. The topological polar surface area (TPSA) is 50.8 Å². The molecule has 0 aromatic heterocycles. The molecule has 1 aliphatic heterocycles. The summed E-state index contributed by atoms with van der Waals surface area (Å²) in [7, 11) is 2.04. The molecule has 0 radical (unpaired) electrons. The van der Waals surface area contributed by atoms with Gasteiger partial charge in [-0.25, -0.2) is 0 Å². The molecule has 1 heterocycles. The monoisotopic (exact) mass is 368 g/mol. The highest BCUT2D eigenvalue weighted by Crippen LogP contribution is 2.41. The zero-order chi connectivity index (χ0) is 19.3. The van der Waals surface area contributed by atoms with Gasteiger partial charge in [0, 0.05) is 31.6 Å². The van der Waals surface area contributed by atoms with Gasteiger partial charge in [0.15, 0.2) is 18.1 Å². The summed E-state index contributed by atoms with van der Waals surface area (Å²) in [4.78, 5) is 14.3. The van der Waals surface area contributed by atoms with Crippen LogP contribution in [0.15, 0.2) is 48.5 Å². The lowest BCUT2D eigenvalue weighted by Gasteiger charge is -2.18. The van der Waals surface area contributed by atoms with Crippen LogP contribution in [0.2, 0.25) is 0 Å². The first-order valence-corrected chi connectivity index (χ1v) is 9.36. The van der Waals surface area contributed by atoms with Crippen LogP contribution in [0.4, 0.5) is 0 Å². The van der Waals surface area contributed by atoms with E-state index in [1.54, 1.807) is 0 Å². The molecule has 1 N–H and O–H groups in total. The standard InChI is InChI=1S/C22H28N2O3/c1-22(2)14-18-10-7-11-19(21(18)27-22)26-16-20(25)23-12-13-24(3)15-17-8-5-4-6-9-17/h4-11H,12-16H2,1-3H3,(H,23,25). The van der Waals surface area contributed by atoms with Crippen molar-refractivity contribution in [1.82, 2.24) is 10.2 Å². The third-order valence-electron chi connectivity index (χ3n) is 4.52. The lowest BCUT2D eigenvalue weighted by molar-refractivity contribution is -0.123. The van der Waals surface area contributed by atoms with Gasteiger partial charge in [-0.1, -0.05) is 42.5 Å². The molecule has 0 atom stereocenters. The van der Waals surface area contributed by atoms with Crippen molar-refractivity contribution in [2.45, 2.75) is 32.4 Å². The summed E-state index contributed by atoms with van der Waals surface area (Å²) >= 11 is 0. The Balaban J connectivity index is 1.40. The first-order valence-electron chi connectivity index (χ1n) is 9.36. The molecule has 5 nitrogen and oxygen atoms in total. The molecule has 1 amide bonds. The maximum absolute atomic E-state index is 12.1. The number of fused-ring (bicyclic) bond motifs is 1. The van der Waals surface area contributed by atoms with Crippen molar-refractivity contribution in [3.63, 3.8) is 0 Å².